The van der Waals surface area contributed by atoms with Crippen LogP contribution in [0.3, 0.4) is 0 Å². The van der Waals surface area contributed by atoms with Crippen LogP contribution in [0.1, 0.15) is 26.5 Å². The van der Waals surface area contributed by atoms with Gasteiger partial charge in [-0.15, -0.1) is 0 Å². The van der Waals surface area contributed by atoms with Gasteiger partial charge in [-0.3, -0.25) is 0 Å². The first-order valence-corrected chi connectivity index (χ1v) is 6.22. The molecule has 4 heteroatoms. The van der Waals surface area contributed by atoms with Crippen molar-refractivity contribution in [3.05, 3.63) is 30.0 Å². The molecule has 2 rings (SSSR count). The molecule has 0 bridgehead atoms. The maximum absolute atomic E-state index is 12.3. The molecule has 0 saturated heterocycles. The predicted molar refractivity (Wildman–Crippen MR) is 74.9 cm³/mol. The van der Waals surface area contributed by atoms with E-state index in [1.165, 1.54) is 0 Å². The third-order valence-electron chi connectivity index (χ3n) is 2.79. The summed E-state index contributed by atoms with van der Waals surface area (Å²) in [5.74, 6) is 0.753. The second kappa shape index (κ2) is 4.61. The Morgan fingerprint density at radius 1 is 1.26 bits per heavy atom. The van der Waals surface area contributed by atoms with Gasteiger partial charge in [0.15, 0.2) is 0 Å². The molecule has 0 atom stereocenters. The van der Waals surface area contributed by atoms with Crippen LogP contribution in [0.5, 0.6) is 5.75 Å². The number of methoxy groups -OCH3 is 1. The van der Waals surface area contributed by atoms with Gasteiger partial charge in [0.25, 0.3) is 0 Å². The van der Waals surface area contributed by atoms with Gasteiger partial charge in [0.1, 0.15) is 11.4 Å². The van der Waals surface area contributed by atoms with Crippen molar-refractivity contribution in [2.45, 2.75) is 33.3 Å². The number of rotatable bonds is 1. The average molecular weight is 261 g/mol. The molecule has 4 nitrogen and oxygen atoms in total. The summed E-state index contributed by atoms with van der Waals surface area (Å²) in [5, 5.41) is 0.911. The molecule has 0 aliphatic carbocycles. The minimum Gasteiger partial charge on any atom is -0.496 e. The van der Waals surface area contributed by atoms with Gasteiger partial charge in [-0.2, -0.15) is 0 Å². The lowest BCUT2D eigenvalue weighted by molar-refractivity contribution is 0.0542. The molecule has 0 N–H and O–H groups in total. The largest absolute Gasteiger partial charge is 0.496 e. The third-order valence-corrected chi connectivity index (χ3v) is 2.79. The van der Waals surface area contributed by atoms with Crippen LogP contribution in [-0.4, -0.2) is 23.4 Å². The van der Waals surface area contributed by atoms with Gasteiger partial charge in [0.2, 0.25) is 0 Å². The van der Waals surface area contributed by atoms with Crippen LogP contribution in [0.15, 0.2) is 24.3 Å². The number of nitrogens with zero attached hydrogens (tertiary/aromatic N) is 1. The summed E-state index contributed by atoms with van der Waals surface area (Å²) in [4.78, 5) is 12.3. The number of hydrogen-bond acceptors (Lipinski definition) is 3. The van der Waals surface area contributed by atoms with Crippen LogP contribution in [0.25, 0.3) is 10.9 Å². The molecule has 2 aromatic rings. The summed E-state index contributed by atoms with van der Waals surface area (Å²) in [6, 6.07) is 7.55. The van der Waals surface area contributed by atoms with Gasteiger partial charge in [-0.25, -0.2) is 9.36 Å². The standard InChI is InChI=1S/C15H19NO3/c1-10-9-11-12(7-6-8-13(11)18-5)16(10)14(17)19-15(2,3)4/h6-9H,1-5H3. The minimum absolute atomic E-state index is 0.367. The first-order valence-electron chi connectivity index (χ1n) is 6.22. The maximum atomic E-state index is 12.3. The van der Waals surface area contributed by atoms with Gasteiger partial charge in [0.05, 0.1) is 12.6 Å². The molecule has 102 valence electrons. The van der Waals surface area contributed by atoms with Crippen molar-refractivity contribution in [2.75, 3.05) is 7.11 Å². The number of carbonyl (C=O) groups excluding carboxylic acids is 1. The summed E-state index contributed by atoms with van der Waals surface area (Å²) in [6.07, 6.45) is -0.367. The third kappa shape index (κ3) is 2.57. The zero-order valence-corrected chi connectivity index (χ0v) is 12.0. The van der Waals surface area contributed by atoms with Crippen LogP contribution < -0.4 is 4.74 Å². The number of aryl methyl sites for hydroxylation is 1. The Labute approximate surface area is 112 Å². The van der Waals surface area contributed by atoms with Crippen LogP contribution in [0.2, 0.25) is 0 Å². The zero-order valence-electron chi connectivity index (χ0n) is 12.0. The summed E-state index contributed by atoms with van der Waals surface area (Å²) in [7, 11) is 1.62. The predicted octanol–water partition coefficient (Wildman–Crippen LogP) is 3.74. The summed E-state index contributed by atoms with van der Waals surface area (Å²) >= 11 is 0. The fourth-order valence-corrected chi connectivity index (χ4v) is 2.06. The Morgan fingerprint density at radius 3 is 2.53 bits per heavy atom. The summed E-state index contributed by atoms with van der Waals surface area (Å²) in [6.45, 7) is 7.44. The monoisotopic (exact) mass is 261 g/mol. The smallest absolute Gasteiger partial charge is 0.419 e. The minimum atomic E-state index is -0.515. The molecule has 0 amide bonds. The Balaban J connectivity index is 2.55. The van der Waals surface area contributed by atoms with Gasteiger partial charge in [-0.1, -0.05) is 6.07 Å². The van der Waals surface area contributed by atoms with Crippen molar-refractivity contribution in [3.8, 4) is 5.75 Å². The molecule has 0 spiro atoms. The highest BCUT2D eigenvalue weighted by Gasteiger charge is 2.21. The number of benzene rings is 1. The SMILES string of the molecule is COc1cccc2c1cc(C)n2C(=O)OC(C)(C)C. The lowest BCUT2D eigenvalue weighted by atomic mass is 10.2. The molecule has 19 heavy (non-hydrogen) atoms. The van der Waals surface area contributed by atoms with Crippen molar-refractivity contribution in [2.24, 2.45) is 0 Å². The normalized spacial score (nSPS) is 11.6. The van der Waals surface area contributed by atoms with Gasteiger partial charge in [0, 0.05) is 11.1 Å². The van der Waals surface area contributed by atoms with E-state index in [9.17, 15) is 4.79 Å². The second-order valence-corrected chi connectivity index (χ2v) is 5.49. The molecule has 0 radical (unpaired) electrons. The Hall–Kier alpha value is -1.97. The fraction of sp³-hybridized carbons (Fsp3) is 0.400. The van der Waals surface area contributed by atoms with E-state index in [1.54, 1.807) is 11.7 Å². The highest BCUT2D eigenvalue weighted by Crippen LogP contribution is 2.29. The fourth-order valence-electron chi connectivity index (χ4n) is 2.06. The Kier molecular flexibility index (Phi) is 3.27. The second-order valence-electron chi connectivity index (χ2n) is 5.49. The van der Waals surface area contributed by atoms with E-state index < -0.39 is 5.60 Å². The lowest BCUT2D eigenvalue weighted by Crippen LogP contribution is -2.27. The van der Waals surface area contributed by atoms with Gasteiger partial charge >= 0.3 is 6.09 Å². The molecule has 0 unspecified atom stereocenters. The molecule has 0 aliphatic rings. The van der Waals surface area contributed by atoms with Gasteiger partial charge in [-0.05, 0) is 45.9 Å². The van der Waals surface area contributed by atoms with E-state index >= 15 is 0 Å². The van der Waals surface area contributed by atoms with E-state index in [0.29, 0.717) is 0 Å². The van der Waals surface area contributed by atoms with Crippen molar-refractivity contribution < 1.29 is 14.3 Å². The number of ether oxygens (including phenoxy) is 2. The Morgan fingerprint density at radius 2 is 1.95 bits per heavy atom. The van der Waals surface area contributed by atoms with Crippen molar-refractivity contribution in [1.82, 2.24) is 4.57 Å². The molecule has 1 aromatic heterocycles. The van der Waals surface area contributed by atoms with E-state index in [1.807, 2.05) is 52.0 Å². The highest BCUT2D eigenvalue weighted by molar-refractivity contribution is 5.94. The average Bonchev–Trinajstić information content (AvgIpc) is 2.62. The number of hydrogen-bond donors (Lipinski definition) is 0. The molecular formula is C15H19NO3. The van der Waals surface area contributed by atoms with Crippen LogP contribution in [0.4, 0.5) is 4.79 Å². The quantitative estimate of drug-likeness (QED) is 0.785. The zero-order chi connectivity index (χ0) is 14.2. The topological polar surface area (TPSA) is 40.5 Å². The molecule has 1 aromatic carbocycles. The maximum Gasteiger partial charge on any atom is 0.419 e. The molecule has 0 fully saturated rings. The van der Waals surface area contributed by atoms with E-state index in [2.05, 4.69) is 0 Å². The first kappa shape index (κ1) is 13.5. The van der Waals surface area contributed by atoms with Crippen LogP contribution >= 0.6 is 0 Å². The molecule has 1 heterocycles. The summed E-state index contributed by atoms with van der Waals surface area (Å²) < 4.78 is 12.3. The van der Waals surface area contributed by atoms with Crippen molar-refractivity contribution in [3.63, 3.8) is 0 Å². The molecular weight excluding hydrogens is 242 g/mol. The first-order chi connectivity index (χ1) is 8.83. The lowest BCUT2D eigenvalue weighted by Gasteiger charge is -2.20. The molecule has 0 saturated carbocycles. The van der Waals surface area contributed by atoms with Crippen LogP contribution in [-0.2, 0) is 4.74 Å². The highest BCUT2D eigenvalue weighted by atomic mass is 16.6. The summed E-state index contributed by atoms with van der Waals surface area (Å²) in [5.41, 5.74) is 1.11. The van der Waals surface area contributed by atoms with Gasteiger partial charge < -0.3 is 9.47 Å². The van der Waals surface area contributed by atoms with E-state index in [-0.39, 0.29) is 6.09 Å². The van der Waals surface area contributed by atoms with Crippen molar-refractivity contribution >= 4 is 17.0 Å². The number of fused-ring (bicyclic) bond motifs is 1. The van der Waals surface area contributed by atoms with Crippen molar-refractivity contribution in [1.29, 1.82) is 0 Å². The van der Waals surface area contributed by atoms with E-state index in [4.69, 9.17) is 9.47 Å². The molecule has 0 aliphatic heterocycles. The van der Waals surface area contributed by atoms with Crippen LogP contribution in [0, 0.1) is 6.92 Å². The van der Waals surface area contributed by atoms with E-state index in [0.717, 1.165) is 22.3 Å². The Bertz CT molecular complexity index is 620. The number of aromatic nitrogens is 1. The number of carbonyl (C=O) groups is 1.